The molecule has 3 N–H and O–H groups in total. The lowest BCUT2D eigenvalue weighted by Crippen LogP contribution is -2.54. The molecule has 0 atom stereocenters. The van der Waals surface area contributed by atoms with Crippen LogP contribution in [-0.2, 0) is 0 Å². The first-order chi connectivity index (χ1) is 17.6. The van der Waals surface area contributed by atoms with Crippen LogP contribution in [0.25, 0.3) is 0 Å². The minimum atomic E-state index is -0.901. The Morgan fingerprint density at radius 2 is 1.65 bits per heavy atom. The molecule has 10 heteroatoms. The van der Waals surface area contributed by atoms with E-state index in [4.69, 9.17) is 0 Å². The van der Waals surface area contributed by atoms with Crippen molar-refractivity contribution in [3.8, 4) is 5.75 Å². The number of hydrogen-bond donors (Lipinski definition) is 3. The summed E-state index contributed by atoms with van der Waals surface area (Å²) in [5.41, 5.74) is 1.57. The summed E-state index contributed by atoms with van der Waals surface area (Å²) in [6, 6.07) is 9.86. The molecule has 0 saturated carbocycles. The van der Waals surface area contributed by atoms with Crippen LogP contribution in [0.2, 0.25) is 0 Å². The molecule has 2 aliphatic rings. The molecule has 4 rings (SSSR count). The molecule has 37 heavy (non-hydrogen) atoms. The number of nitrogens with zero attached hydrogens (tertiary/aromatic N) is 4. The highest BCUT2D eigenvalue weighted by molar-refractivity contribution is 6.05. The fourth-order valence-electron chi connectivity index (χ4n) is 4.34. The number of anilines is 2. The highest BCUT2D eigenvalue weighted by atomic mass is 19.1. The van der Waals surface area contributed by atoms with E-state index in [-0.39, 0.29) is 22.7 Å². The molecule has 0 radical (unpaired) electrons. The zero-order chi connectivity index (χ0) is 26.6. The Morgan fingerprint density at radius 3 is 2.27 bits per heavy atom. The molecule has 2 aliphatic heterocycles. The van der Waals surface area contributed by atoms with E-state index in [9.17, 15) is 19.1 Å². The molecule has 2 saturated heterocycles. The highest BCUT2D eigenvalue weighted by Crippen LogP contribution is 2.25. The van der Waals surface area contributed by atoms with Gasteiger partial charge in [0.25, 0.3) is 5.91 Å². The number of benzene rings is 2. The van der Waals surface area contributed by atoms with Crippen molar-refractivity contribution in [1.29, 1.82) is 0 Å². The van der Waals surface area contributed by atoms with Crippen LogP contribution in [0.5, 0.6) is 5.75 Å². The minimum absolute atomic E-state index is 0.0732. The zero-order valence-corrected chi connectivity index (χ0v) is 21.6. The maximum absolute atomic E-state index is 14.4. The fraction of sp³-hybridized carbons (Fsp3) is 0.444. The van der Waals surface area contributed by atoms with Gasteiger partial charge >= 0.3 is 6.03 Å². The number of carbonyl (C=O) groups is 2. The lowest BCUT2D eigenvalue weighted by molar-refractivity contribution is 0.102. The van der Waals surface area contributed by atoms with Gasteiger partial charge in [-0.1, -0.05) is 0 Å². The first-order valence-corrected chi connectivity index (χ1v) is 12.6. The van der Waals surface area contributed by atoms with Crippen LogP contribution in [0.3, 0.4) is 0 Å². The summed E-state index contributed by atoms with van der Waals surface area (Å²) >= 11 is 0. The van der Waals surface area contributed by atoms with Gasteiger partial charge in [0.15, 0.2) is 11.6 Å². The Balaban J connectivity index is 1.37. The predicted octanol–water partition coefficient (Wildman–Crippen LogP) is 3.84. The molecule has 198 valence electrons. The first kappa shape index (κ1) is 26.2. The molecule has 0 bridgehead atoms. The summed E-state index contributed by atoms with van der Waals surface area (Å²) in [6.07, 6.45) is 3.70. The van der Waals surface area contributed by atoms with Gasteiger partial charge in [0.2, 0.25) is 0 Å². The molecule has 2 aromatic rings. The summed E-state index contributed by atoms with van der Waals surface area (Å²) < 4.78 is 14.4. The van der Waals surface area contributed by atoms with E-state index in [0.717, 1.165) is 24.8 Å². The van der Waals surface area contributed by atoms with Crippen molar-refractivity contribution in [2.24, 2.45) is 5.10 Å². The molecule has 0 aliphatic carbocycles. The van der Waals surface area contributed by atoms with E-state index in [0.29, 0.717) is 31.9 Å². The number of piperazine rings is 1. The number of amides is 3. The van der Waals surface area contributed by atoms with Gasteiger partial charge in [-0.05, 0) is 70.0 Å². The molecule has 2 heterocycles. The first-order valence-electron chi connectivity index (χ1n) is 12.6. The van der Waals surface area contributed by atoms with E-state index in [1.165, 1.54) is 25.1 Å². The van der Waals surface area contributed by atoms with Crippen molar-refractivity contribution in [2.45, 2.75) is 39.2 Å². The van der Waals surface area contributed by atoms with Crippen molar-refractivity contribution in [3.63, 3.8) is 0 Å². The van der Waals surface area contributed by atoms with Crippen LogP contribution in [0.15, 0.2) is 41.5 Å². The lowest BCUT2D eigenvalue weighted by atomic mass is 10.1. The topological polar surface area (TPSA) is 101 Å². The van der Waals surface area contributed by atoms with E-state index >= 15 is 0 Å². The number of hydrogen-bond acceptors (Lipinski definition) is 6. The van der Waals surface area contributed by atoms with Gasteiger partial charge < -0.3 is 25.5 Å². The van der Waals surface area contributed by atoms with E-state index < -0.39 is 17.5 Å². The summed E-state index contributed by atoms with van der Waals surface area (Å²) in [5.74, 6) is -1.96. The van der Waals surface area contributed by atoms with Gasteiger partial charge in [-0.3, -0.25) is 9.80 Å². The van der Waals surface area contributed by atoms with Gasteiger partial charge in [0.1, 0.15) is 0 Å². The molecule has 0 aromatic heterocycles. The SMILES string of the molecule is CC(C)(C)NC(=O)N1CCN(/N=C/c2cc(C(=O)Nc3ccc(N4CCCC4)cc3)cc(F)c2O)CC1. The number of phenols is 1. The average molecular weight is 511 g/mol. The molecule has 3 amide bonds. The maximum Gasteiger partial charge on any atom is 0.317 e. The second kappa shape index (κ2) is 11.1. The van der Waals surface area contributed by atoms with Crippen LogP contribution in [0.4, 0.5) is 20.6 Å². The van der Waals surface area contributed by atoms with E-state index in [1.54, 1.807) is 9.91 Å². The zero-order valence-electron chi connectivity index (χ0n) is 21.6. The smallest absolute Gasteiger partial charge is 0.317 e. The number of aromatic hydroxyl groups is 1. The number of urea groups is 1. The molecule has 2 fully saturated rings. The van der Waals surface area contributed by atoms with Gasteiger partial charge in [-0.2, -0.15) is 5.10 Å². The third-order valence-corrected chi connectivity index (χ3v) is 6.34. The van der Waals surface area contributed by atoms with Crippen LogP contribution >= 0.6 is 0 Å². The fourth-order valence-corrected chi connectivity index (χ4v) is 4.34. The number of rotatable bonds is 5. The van der Waals surface area contributed by atoms with E-state index in [1.807, 2.05) is 45.0 Å². The second-order valence-corrected chi connectivity index (χ2v) is 10.5. The summed E-state index contributed by atoms with van der Waals surface area (Å²) in [6.45, 7) is 9.80. The molecule has 9 nitrogen and oxygen atoms in total. The van der Waals surface area contributed by atoms with Crippen molar-refractivity contribution in [1.82, 2.24) is 15.2 Å². The van der Waals surface area contributed by atoms with Gasteiger partial charge in [0.05, 0.1) is 19.3 Å². The Morgan fingerprint density at radius 1 is 1.00 bits per heavy atom. The number of halogens is 1. The third-order valence-electron chi connectivity index (χ3n) is 6.34. The Hall–Kier alpha value is -3.82. The molecular formula is C27H35FN6O3. The van der Waals surface area contributed by atoms with Crippen molar-refractivity contribution in [3.05, 3.63) is 53.3 Å². The van der Waals surface area contributed by atoms with Crippen molar-refractivity contribution < 1.29 is 19.1 Å². The van der Waals surface area contributed by atoms with E-state index in [2.05, 4.69) is 20.6 Å². The van der Waals surface area contributed by atoms with Crippen molar-refractivity contribution >= 4 is 29.5 Å². The standard InChI is InChI=1S/C27H35FN6O3/c1-27(2,3)31-26(37)33-12-14-34(15-13-33)29-18-20-16-19(17-23(28)24(20)35)25(36)30-21-6-8-22(9-7-21)32-10-4-5-11-32/h6-9,16-18,35H,4-5,10-15H2,1-3H3,(H,30,36)(H,31,37)/b29-18+. The quantitative estimate of drug-likeness (QED) is 0.531. The van der Waals surface area contributed by atoms with Crippen LogP contribution in [0.1, 0.15) is 49.5 Å². The average Bonchev–Trinajstić information content (AvgIpc) is 3.39. The van der Waals surface area contributed by atoms with Crippen LogP contribution in [-0.4, -0.2) is 78.0 Å². The normalized spacial score (nSPS) is 16.4. The highest BCUT2D eigenvalue weighted by Gasteiger charge is 2.23. The van der Waals surface area contributed by atoms with Crippen molar-refractivity contribution in [2.75, 3.05) is 49.5 Å². The Bertz CT molecular complexity index is 1150. The largest absolute Gasteiger partial charge is 0.504 e. The third kappa shape index (κ3) is 6.90. The monoisotopic (exact) mass is 510 g/mol. The summed E-state index contributed by atoms with van der Waals surface area (Å²) in [5, 5.41) is 22.0. The second-order valence-electron chi connectivity index (χ2n) is 10.5. The summed E-state index contributed by atoms with van der Waals surface area (Å²) in [4.78, 5) is 29.2. The minimum Gasteiger partial charge on any atom is -0.504 e. The maximum atomic E-state index is 14.4. The molecule has 0 unspecified atom stereocenters. The summed E-state index contributed by atoms with van der Waals surface area (Å²) in [7, 11) is 0. The van der Waals surface area contributed by atoms with Crippen LogP contribution < -0.4 is 15.5 Å². The number of nitrogens with one attached hydrogen (secondary N) is 2. The lowest BCUT2D eigenvalue weighted by Gasteiger charge is -2.35. The number of hydrazone groups is 1. The van der Waals surface area contributed by atoms with Crippen LogP contribution in [0, 0.1) is 5.82 Å². The molecular weight excluding hydrogens is 475 g/mol. The Labute approximate surface area is 216 Å². The number of carbonyl (C=O) groups excluding carboxylic acids is 2. The number of phenolic OH excluding ortho intramolecular Hbond substituents is 1. The molecule has 2 aromatic carbocycles. The van der Waals surface area contributed by atoms with Gasteiger partial charge in [-0.15, -0.1) is 0 Å². The van der Waals surface area contributed by atoms with Gasteiger partial charge in [-0.25, -0.2) is 9.18 Å². The Kier molecular flexibility index (Phi) is 7.85. The van der Waals surface area contributed by atoms with Gasteiger partial charge in [0, 0.05) is 54.2 Å². The predicted molar refractivity (Wildman–Crippen MR) is 143 cm³/mol. The molecule has 0 spiro atoms.